The summed E-state index contributed by atoms with van der Waals surface area (Å²) in [5.74, 6) is 0. The summed E-state index contributed by atoms with van der Waals surface area (Å²) in [5.41, 5.74) is 5.43. The van der Waals surface area contributed by atoms with E-state index >= 15 is 0 Å². The number of pyridine rings is 1. The van der Waals surface area contributed by atoms with Crippen molar-refractivity contribution in [2.45, 2.75) is 32.6 Å². The van der Waals surface area contributed by atoms with Crippen molar-refractivity contribution in [2.24, 2.45) is 7.05 Å². The molecular formula is C28H25N5O2. The summed E-state index contributed by atoms with van der Waals surface area (Å²) >= 11 is 0. The molecule has 0 bridgehead atoms. The predicted octanol–water partition coefficient (Wildman–Crippen LogP) is 4.71. The van der Waals surface area contributed by atoms with Crippen molar-refractivity contribution in [3.05, 3.63) is 112 Å². The van der Waals surface area contributed by atoms with Crippen molar-refractivity contribution < 1.29 is 4.74 Å². The first kappa shape index (κ1) is 23.7. The average molecular weight is 464 g/mol. The average Bonchev–Trinajstić information content (AvgIpc) is 3.31. The fourth-order valence-electron chi connectivity index (χ4n) is 4.02. The predicted molar refractivity (Wildman–Crippen MR) is 132 cm³/mol. The van der Waals surface area contributed by atoms with Gasteiger partial charge in [-0.3, -0.25) is 4.79 Å². The van der Waals surface area contributed by atoms with E-state index in [0.29, 0.717) is 17.7 Å². The van der Waals surface area contributed by atoms with Gasteiger partial charge in [0, 0.05) is 25.9 Å². The van der Waals surface area contributed by atoms with Crippen molar-refractivity contribution in [2.75, 3.05) is 0 Å². The molecular weight excluding hydrogens is 438 g/mol. The molecule has 0 aliphatic carbocycles. The molecule has 0 amide bonds. The van der Waals surface area contributed by atoms with Crippen molar-refractivity contribution in [3.63, 3.8) is 0 Å². The van der Waals surface area contributed by atoms with Crippen LogP contribution in [0, 0.1) is 22.7 Å². The van der Waals surface area contributed by atoms with Gasteiger partial charge >= 0.3 is 0 Å². The molecule has 35 heavy (non-hydrogen) atoms. The highest BCUT2D eigenvalue weighted by atomic mass is 16.5. The number of benzene rings is 2. The highest BCUT2D eigenvalue weighted by Crippen LogP contribution is 2.30. The van der Waals surface area contributed by atoms with Gasteiger partial charge in [0.05, 0.1) is 48.1 Å². The van der Waals surface area contributed by atoms with Crippen molar-refractivity contribution in [3.8, 4) is 23.3 Å². The van der Waals surface area contributed by atoms with Crippen LogP contribution in [-0.4, -0.2) is 14.1 Å². The van der Waals surface area contributed by atoms with Gasteiger partial charge in [0.25, 0.3) is 5.56 Å². The lowest BCUT2D eigenvalue weighted by atomic mass is 9.98. The van der Waals surface area contributed by atoms with Crippen LogP contribution in [-0.2, 0) is 24.9 Å². The lowest BCUT2D eigenvalue weighted by Crippen LogP contribution is -2.18. The summed E-state index contributed by atoms with van der Waals surface area (Å²) < 4.78 is 10.0. The van der Waals surface area contributed by atoms with Crippen LogP contribution in [0.15, 0.2) is 78.1 Å². The molecule has 0 saturated carbocycles. The summed E-state index contributed by atoms with van der Waals surface area (Å²) in [6.07, 6.45) is 5.76. The van der Waals surface area contributed by atoms with Crippen LogP contribution in [0.2, 0.25) is 0 Å². The smallest absolute Gasteiger partial charge is 0.250 e. The van der Waals surface area contributed by atoms with Gasteiger partial charge in [0.15, 0.2) is 0 Å². The van der Waals surface area contributed by atoms with Crippen LogP contribution in [0.1, 0.15) is 47.4 Å². The SMILES string of the molecule is CCCn1cc(-c2cc(C#N)ccc2COC(c2ccc(C#N)cc2)c2cncn2C)ccc1=O. The van der Waals surface area contributed by atoms with E-state index in [4.69, 9.17) is 10.00 Å². The Kier molecular flexibility index (Phi) is 7.21. The standard InChI is InChI=1S/C28H25N5O2/c1-3-12-33-17-23(10-11-27(33)34)25-13-21(15-30)6-9-24(25)18-35-28(26-16-31-19-32(26)2)22-7-4-20(14-29)5-8-22/h4-11,13,16-17,19,28H,3,12,18H2,1-2H3. The molecule has 0 aliphatic rings. The van der Waals surface area contributed by atoms with Crippen molar-refractivity contribution >= 4 is 0 Å². The number of nitriles is 2. The van der Waals surface area contributed by atoms with Crippen LogP contribution in [0.25, 0.3) is 11.1 Å². The minimum Gasteiger partial charge on any atom is -0.362 e. The lowest BCUT2D eigenvalue weighted by molar-refractivity contribution is 0.0624. The summed E-state index contributed by atoms with van der Waals surface area (Å²) in [6.45, 7) is 2.91. The fourth-order valence-corrected chi connectivity index (χ4v) is 4.02. The van der Waals surface area contributed by atoms with Crippen molar-refractivity contribution in [1.29, 1.82) is 10.5 Å². The molecule has 2 heterocycles. The molecule has 0 aliphatic heterocycles. The fraction of sp³-hybridized carbons (Fsp3) is 0.214. The monoisotopic (exact) mass is 463 g/mol. The maximum atomic E-state index is 12.2. The Morgan fingerprint density at radius 3 is 2.43 bits per heavy atom. The molecule has 174 valence electrons. The van der Waals surface area contributed by atoms with E-state index in [-0.39, 0.29) is 12.2 Å². The van der Waals surface area contributed by atoms with E-state index in [1.165, 1.54) is 0 Å². The van der Waals surface area contributed by atoms with E-state index in [1.807, 2.05) is 49.0 Å². The van der Waals surface area contributed by atoms with Gasteiger partial charge in [-0.2, -0.15) is 10.5 Å². The van der Waals surface area contributed by atoms with Gasteiger partial charge in [0.2, 0.25) is 0 Å². The largest absolute Gasteiger partial charge is 0.362 e. The summed E-state index contributed by atoms with van der Waals surface area (Å²) in [6, 6.07) is 20.5. The number of nitrogens with zero attached hydrogens (tertiary/aromatic N) is 5. The third-order valence-corrected chi connectivity index (χ3v) is 5.87. The second kappa shape index (κ2) is 10.6. The minimum absolute atomic E-state index is 0.0538. The first-order chi connectivity index (χ1) is 17.0. The molecule has 0 N–H and O–H groups in total. The number of hydrogen-bond donors (Lipinski definition) is 0. The molecule has 7 nitrogen and oxygen atoms in total. The van der Waals surface area contributed by atoms with Crippen LogP contribution in [0.3, 0.4) is 0 Å². The van der Waals surface area contributed by atoms with Gasteiger partial charge in [-0.1, -0.05) is 25.1 Å². The Labute approximate surface area is 204 Å². The number of imidazole rings is 1. The summed E-state index contributed by atoms with van der Waals surface area (Å²) in [4.78, 5) is 16.5. The summed E-state index contributed by atoms with van der Waals surface area (Å²) in [5, 5.41) is 18.6. The third-order valence-electron chi connectivity index (χ3n) is 5.87. The number of hydrogen-bond acceptors (Lipinski definition) is 5. The maximum Gasteiger partial charge on any atom is 0.250 e. The molecule has 0 spiro atoms. The van der Waals surface area contributed by atoms with Gasteiger partial charge < -0.3 is 13.9 Å². The number of aryl methyl sites for hydroxylation is 2. The molecule has 0 saturated heterocycles. The van der Waals surface area contributed by atoms with E-state index in [1.54, 1.807) is 47.4 Å². The Hall–Kier alpha value is -4.46. The highest BCUT2D eigenvalue weighted by Gasteiger charge is 2.20. The summed E-state index contributed by atoms with van der Waals surface area (Å²) in [7, 11) is 1.91. The van der Waals surface area contributed by atoms with Crippen LogP contribution < -0.4 is 5.56 Å². The lowest BCUT2D eigenvalue weighted by Gasteiger charge is -2.20. The topological polar surface area (TPSA) is 96.6 Å². The number of aromatic nitrogens is 3. The molecule has 0 fully saturated rings. The van der Waals surface area contributed by atoms with E-state index in [2.05, 4.69) is 17.1 Å². The second-order valence-electron chi connectivity index (χ2n) is 8.29. The zero-order valence-corrected chi connectivity index (χ0v) is 19.7. The van der Waals surface area contributed by atoms with Crippen molar-refractivity contribution in [1.82, 2.24) is 14.1 Å². The molecule has 2 aromatic carbocycles. The first-order valence-corrected chi connectivity index (χ1v) is 11.4. The Morgan fingerprint density at radius 2 is 1.77 bits per heavy atom. The Balaban J connectivity index is 1.71. The van der Waals surface area contributed by atoms with Gasteiger partial charge in [-0.05, 0) is 59.0 Å². The minimum atomic E-state index is -0.409. The molecule has 4 rings (SSSR count). The van der Waals surface area contributed by atoms with Crippen LogP contribution >= 0.6 is 0 Å². The first-order valence-electron chi connectivity index (χ1n) is 11.4. The second-order valence-corrected chi connectivity index (χ2v) is 8.29. The van der Waals surface area contributed by atoms with Gasteiger partial charge in [-0.25, -0.2) is 4.98 Å². The Bertz CT molecular complexity index is 1470. The van der Waals surface area contributed by atoms with E-state index in [0.717, 1.165) is 34.4 Å². The quantitative estimate of drug-likeness (QED) is 0.377. The zero-order chi connectivity index (χ0) is 24.8. The molecule has 7 heteroatoms. The highest BCUT2D eigenvalue weighted by molar-refractivity contribution is 5.68. The maximum absolute atomic E-state index is 12.2. The molecule has 1 atom stereocenters. The molecule has 1 unspecified atom stereocenters. The van der Waals surface area contributed by atoms with Crippen LogP contribution in [0.4, 0.5) is 0 Å². The normalized spacial score (nSPS) is 11.5. The van der Waals surface area contributed by atoms with E-state index in [9.17, 15) is 10.1 Å². The van der Waals surface area contributed by atoms with Gasteiger partial charge in [-0.15, -0.1) is 0 Å². The molecule has 0 radical (unpaired) electrons. The molecule has 4 aromatic rings. The zero-order valence-electron chi connectivity index (χ0n) is 19.7. The van der Waals surface area contributed by atoms with Gasteiger partial charge in [0.1, 0.15) is 6.10 Å². The Morgan fingerprint density at radius 1 is 1.03 bits per heavy atom. The third kappa shape index (κ3) is 5.22. The van der Waals surface area contributed by atoms with Crippen LogP contribution in [0.5, 0.6) is 0 Å². The number of rotatable bonds is 8. The molecule has 2 aromatic heterocycles. The number of ether oxygens (including phenoxy) is 1. The van der Waals surface area contributed by atoms with E-state index < -0.39 is 6.10 Å².